The molecule has 0 atom stereocenters. The lowest BCUT2D eigenvalue weighted by molar-refractivity contribution is 0.0863. The van der Waals surface area contributed by atoms with E-state index in [-0.39, 0.29) is 11.2 Å². The van der Waals surface area contributed by atoms with Gasteiger partial charge in [-0.3, -0.25) is 4.79 Å². The Balaban J connectivity index is 2.93. The van der Waals surface area contributed by atoms with Gasteiger partial charge < -0.3 is 0 Å². The molecule has 66 valence electrons. The van der Waals surface area contributed by atoms with Crippen LogP contribution in [0.15, 0.2) is 15.9 Å². The van der Waals surface area contributed by atoms with E-state index < -0.39 is 0 Å². The lowest BCUT2D eigenvalue weighted by Gasteiger charge is -2.14. The maximum Gasteiger partial charge on any atom is 0.178 e. The van der Waals surface area contributed by atoms with E-state index in [1.807, 2.05) is 32.2 Å². The van der Waals surface area contributed by atoms with Gasteiger partial charge in [0.2, 0.25) is 0 Å². The maximum atomic E-state index is 11.7. The van der Waals surface area contributed by atoms with Gasteiger partial charge in [0.25, 0.3) is 0 Å². The Morgan fingerprint density at radius 1 is 1.50 bits per heavy atom. The van der Waals surface area contributed by atoms with Crippen molar-refractivity contribution in [1.29, 1.82) is 0 Å². The molecule has 0 bridgehead atoms. The van der Waals surface area contributed by atoms with E-state index in [9.17, 15) is 4.79 Å². The first-order chi connectivity index (χ1) is 5.41. The number of halogens is 1. The topological polar surface area (TPSA) is 17.1 Å². The Morgan fingerprint density at radius 2 is 2.08 bits per heavy atom. The van der Waals surface area contributed by atoms with Gasteiger partial charge in [-0.05, 0) is 22.0 Å². The normalized spacial score (nSPS) is 11.7. The lowest BCUT2D eigenvalue weighted by Crippen LogP contribution is -2.18. The van der Waals surface area contributed by atoms with Gasteiger partial charge in [0.1, 0.15) is 0 Å². The predicted molar refractivity (Wildman–Crippen MR) is 55.8 cm³/mol. The van der Waals surface area contributed by atoms with Gasteiger partial charge in [-0.2, -0.15) is 0 Å². The average Bonchev–Trinajstić information content (AvgIpc) is 2.32. The third-order valence-electron chi connectivity index (χ3n) is 1.47. The number of carbonyl (C=O) groups excluding carboxylic acids is 1. The summed E-state index contributed by atoms with van der Waals surface area (Å²) in [5.41, 5.74) is -0.274. The number of ketones is 1. The molecule has 1 rings (SSSR count). The average molecular weight is 247 g/mol. The monoisotopic (exact) mass is 246 g/mol. The van der Waals surface area contributed by atoms with E-state index in [1.165, 1.54) is 11.3 Å². The van der Waals surface area contributed by atoms with Gasteiger partial charge in [0, 0.05) is 15.3 Å². The second kappa shape index (κ2) is 3.30. The highest BCUT2D eigenvalue weighted by molar-refractivity contribution is 9.10. The van der Waals surface area contributed by atoms with E-state index >= 15 is 0 Å². The van der Waals surface area contributed by atoms with E-state index in [2.05, 4.69) is 15.9 Å². The molecule has 0 aliphatic heterocycles. The van der Waals surface area contributed by atoms with Crippen molar-refractivity contribution in [2.45, 2.75) is 20.8 Å². The molecule has 0 saturated heterocycles. The molecule has 1 aromatic rings. The van der Waals surface area contributed by atoms with Crippen LogP contribution in [0.25, 0.3) is 0 Å². The number of hydrogen-bond donors (Lipinski definition) is 0. The SMILES string of the molecule is CC(C)(C)C(=O)c1cc(Br)cs1. The molecule has 1 nitrogen and oxygen atoms in total. The second-order valence-electron chi connectivity index (χ2n) is 3.71. The molecule has 3 heteroatoms. The zero-order chi connectivity index (χ0) is 9.35. The van der Waals surface area contributed by atoms with Gasteiger partial charge in [0.15, 0.2) is 5.78 Å². The molecule has 0 amide bonds. The van der Waals surface area contributed by atoms with Crippen molar-refractivity contribution in [3.05, 3.63) is 20.8 Å². The Kier molecular flexibility index (Phi) is 2.74. The van der Waals surface area contributed by atoms with Crippen LogP contribution < -0.4 is 0 Å². The molecule has 0 aliphatic carbocycles. The van der Waals surface area contributed by atoms with Gasteiger partial charge in [0.05, 0.1) is 4.88 Å². The third-order valence-corrected chi connectivity index (χ3v) is 3.16. The summed E-state index contributed by atoms with van der Waals surface area (Å²) in [6, 6.07) is 1.87. The first kappa shape index (κ1) is 9.93. The third kappa shape index (κ3) is 2.17. The van der Waals surface area contributed by atoms with E-state index in [4.69, 9.17) is 0 Å². The molecule has 12 heavy (non-hydrogen) atoms. The van der Waals surface area contributed by atoms with Crippen LogP contribution in [0, 0.1) is 5.41 Å². The van der Waals surface area contributed by atoms with Crippen LogP contribution in [-0.4, -0.2) is 5.78 Å². The fraction of sp³-hybridized carbons (Fsp3) is 0.444. The van der Waals surface area contributed by atoms with E-state index in [0.29, 0.717) is 0 Å². The molecule has 1 aromatic heterocycles. The van der Waals surface area contributed by atoms with Crippen LogP contribution in [-0.2, 0) is 0 Å². The van der Waals surface area contributed by atoms with Crippen LogP contribution in [0.5, 0.6) is 0 Å². The highest BCUT2D eigenvalue weighted by Crippen LogP contribution is 2.27. The quantitative estimate of drug-likeness (QED) is 0.691. The lowest BCUT2D eigenvalue weighted by atomic mass is 9.90. The number of rotatable bonds is 1. The second-order valence-corrected chi connectivity index (χ2v) is 5.54. The van der Waals surface area contributed by atoms with Gasteiger partial charge in [-0.25, -0.2) is 0 Å². The molecule has 0 unspecified atom stereocenters. The van der Waals surface area contributed by atoms with Crippen LogP contribution in [0.1, 0.15) is 30.4 Å². The van der Waals surface area contributed by atoms with Crippen molar-refractivity contribution >= 4 is 33.0 Å². The number of carbonyl (C=O) groups is 1. The fourth-order valence-electron chi connectivity index (χ4n) is 0.802. The molecule has 0 aliphatic rings. The summed E-state index contributed by atoms with van der Waals surface area (Å²) in [4.78, 5) is 12.5. The van der Waals surface area contributed by atoms with Crippen molar-refractivity contribution in [2.75, 3.05) is 0 Å². The minimum Gasteiger partial charge on any atom is -0.293 e. The van der Waals surface area contributed by atoms with Crippen molar-refractivity contribution < 1.29 is 4.79 Å². The van der Waals surface area contributed by atoms with E-state index in [0.717, 1.165) is 9.35 Å². The minimum atomic E-state index is -0.274. The Morgan fingerprint density at radius 3 is 2.42 bits per heavy atom. The molecular formula is C9H11BrOS. The summed E-state index contributed by atoms with van der Waals surface area (Å²) in [5.74, 6) is 0.207. The van der Waals surface area contributed by atoms with Crippen LogP contribution >= 0.6 is 27.3 Å². The molecule has 0 aromatic carbocycles. The summed E-state index contributed by atoms with van der Waals surface area (Å²) < 4.78 is 0.986. The molecule has 1 heterocycles. The first-order valence-electron chi connectivity index (χ1n) is 3.70. The maximum absolute atomic E-state index is 11.7. The molecule has 0 spiro atoms. The summed E-state index contributed by atoms with van der Waals surface area (Å²) >= 11 is 4.81. The van der Waals surface area contributed by atoms with Crippen molar-refractivity contribution in [1.82, 2.24) is 0 Å². The molecule has 0 radical (unpaired) electrons. The van der Waals surface area contributed by atoms with Gasteiger partial charge >= 0.3 is 0 Å². The molecule has 0 fully saturated rings. The fourth-order valence-corrected chi connectivity index (χ4v) is 2.38. The Labute approximate surface area is 84.9 Å². The van der Waals surface area contributed by atoms with Crippen molar-refractivity contribution in [3.8, 4) is 0 Å². The molecule has 0 N–H and O–H groups in total. The van der Waals surface area contributed by atoms with Crippen LogP contribution in [0.2, 0.25) is 0 Å². The number of Topliss-reactive ketones (excluding diaryl/α,β-unsaturated/α-hetero) is 1. The summed E-state index contributed by atoms with van der Waals surface area (Å²) in [7, 11) is 0. The summed E-state index contributed by atoms with van der Waals surface area (Å²) in [6.07, 6.45) is 0. The first-order valence-corrected chi connectivity index (χ1v) is 5.37. The zero-order valence-corrected chi connectivity index (χ0v) is 9.75. The minimum absolute atomic E-state index is 0.207. The highest BCUT2D eigenvalue weighted by Gasteiger charge is 2.23. The molecule has 0 saturated carbocycles. The number of hydrogen-bond acceptors (Lipinski definition) is 2. The number of thiophene rings is 1. The van der Waals surface area contributed by atoms with Gasteiger partial charge in [-0.1, -0.05) is 20.8 Å². The highest BCUT2D eigenvalue weighted by atomic mass is 79.9. The van der Waals surface area contributed by atoms with E-state index in [1.54, 1.807) is 0 Å². The molecular weight excluding hydrogens is 236 g/mol. The largest absolute Gasteiger partial charge is 0.293 e. The Hall–Kier alpha value is -0.150. The standard InChI is InChI=1S/C9H11BrOS/c1-9(2,3)8(11)7-4-6(10)5-12-7/h4-5H,1-3H3. The predicted octanol–water partition coefficient (Wildman–Crippen LogP) is 3.74. The van der Waals surface area contributed by atoms with Gasteiger partial charge in [-0.15, -0.1) is 11.3 Å². The van der Waals surface area contributed by atoms with Crippen molar-refractivity contribution in [2.24, 2.45) is 5.41 Å². The zero-order valence-electron chi connectivity index (χ0n) is 7.35. The van der Waals surface area contributed by atoms with Crippen molar-refractivity contribution in [3.63, 3.8) is 0 Å². The summed E-state index contributed by atoms with van der Waals surface area (Å²) in [6.45, 7) is 5.80. The van der Waals surface area contributed by atoms with Crippen LogP contribution in [0.4, 0.5) is 0 Å². The summed E-state index contributed by atoms with van der Waals surface area (Å²) in [5, 5.41) is 1.93. The Bertz CT molecular complexity index is 296. The smallest absolute Gasteiger partial charge is 0.178 e. The van der Waals surface area contributed by atoms with Crippen LogP contribution in [0.3, 0.4) is 0 Å².